The highest BCUT2D eigenvalue weighted by molar-refractivity contribution is 6.62. The second kappa shape index (κ2) is 4.43. The van der Waals surface area contributed by atoms with E-state index < -0.39 is 11.7 Å². The molecular weight excluding hydrogens is 218 g/mol. The summed E-state index contributed by atoms with van der Waals surface area (Å²) in [6.45, 7) is 0. The first-order chi connectivity index (χ1) is 7.30. The van der Waals surface area contributed by atoms with E-state index in [0.29, 0.717) is 0 Å². The molecule has 0 aliphatic rings. The molecule has 6 heteroatoms. The molecule has 82 valence electrons. The maximum Gasteiger partial charge on any atom is 0.416 e. The van der Waals surface area contributed by atoms with Gasteiger partial charge in [0.2, 0.25) is 0 Å². The van der Waals surface area contributed by atoms with E-state index in [0.717, 1.165) is 30.3 Å². The van der Waals surface area contributed by atoms with Crippen molar-refractivity contribution in [2.75, 3.05) is 0 Å². The van der Waals surface area contributed by atoms with Crippen LogP contribution < -0.4 is 0 Å². The zero-order chi connectivity index (χ0) is 12.3. The summed E-state index contributed by atoms with van der Waals surface area (Å²) in [6, 6.07) is 3.91. The third kappa shape index (κ3) is 3.15. The van der Waals surface area contributed by atoms with Gasteiger partial charge >= 0.3 is 6.18 Å². The number of halogens is 3. The van der Waals surface area contributed by atoms with Gasteiger partial charge in [-0.15, -0.1) is 0 Å². The second-order valence-electron chi connectivity index (χ2n) is 3.06. The van der Waals surface area contributed by atoms with E-state index in [4.69, 9.17) is 13.3 Å². The van der Waals surface area contributed by atoms with Crippen molar-refractivity contribution in [1.82, 2.24) is 0 Å². The fourth-order valence-corrected chi connectivity index (χ4v) is 1.06. The Morgan fingerprint density at radius 2 is 1.75 bits per heavy atom. The molecule has 0 unspecified atom stereocenters. The molecule has 0 atom stereocenters. The minimum absolute atomic E-state index is 0.170. The topological polar surface area (TPSA) is 44.1 Å². The highest BCUT2D eigenvalue weighted by Crippen LogP contribution is 2.29. The SMILES string of the molecule is [B]C(=N)/C=C(/O)c1ccc(C(F)(F)F)cc1. The monoisotopic (exact) mass is 225 g/mol. The van der Waals surface area contributed by atoms with Crippen molar-refractivity contribution in [3.05, 3.63) is 41.5 Å². The number of allylic oxidation sites excluding steroid dienone is 1. The molecule has 0 aromatic heterocycles. The Bertz CT molecular complexity index is 423. The molecule has 0 bridgehead atoms. The standard InChI is InChI=1S/C10H7BF3NO/c11-9(15)5-8(16)6-1-3-7(4-2-6)10(12,13)14/h1-5,15-16H/b8-5+,15-9?. The second-order valence-corrected chi connectivity index (χ2v) is 3.06. The minimum Gasteiger partial charge on any atom is -0.507 e. The molecule has 2 radical (unpaired) electrons. The largest absolute Gasteiger partial charge is 0.507 e. The van der Waals surface area contributed by atoms with Gasteiger partial charge in [-0.3, -0.25) is 0 Å². The van der Waals surface area contributed by atoms with Crippen molar-refractivity contribution in [1.29, 1.82) is 5.41 Å². The highest BCUT2D eigenvalue weighted by Gasteiger charge is 2.29. The van der Waals surface area contributed by atoms with Crippen LogP contribution in [-0.4, -0.2) is 18.6 Å². The van der Waals surface area contributed by atoms with E-state index in [1.165, 1.54) is 0 Å². The molecule has 0 saturated carbocycles. The third-order valence-electron chi connectivity index (χ3n) is 1.80. The maximum atomic E-state index is 12.2. The molecule has 0 aliphatic carbocycles. The summed E-state index contributed by atoms with van der Waals surface area (Å²) in [5.41, 5.74) is -1.01. The van der Waals surface area contributed by atoms with Gasteiger partial charge in [0.1, 0.15) is 13.6 Å². The van der Waals surface area contributed by atoms with Crippen LogP contribution in [0.15, 0.2) is 30.3 Å². The zero-order valence-electron chi connectivity index (χ0n) is 8.05. The first kappa shape index (κ1) is 12.4. The molecule has 0 fully saturated rings. The lowest BCUT2D eigenvalue weighted by molar-refractivity contribution is -0.137. The Morgan fingerprint density at radius 1 is 1.25 bits per heavy atom. The molecule has 0 aliphatic heterocycles. The first-order valence-corrected chi connectivity index (χ1v) is 4.23. The Hall–Kier alpha value is -1.72. The Labute approximate surface area is 91.3 Å². The van der Waals surface area contributed by atoms with Gasteiger partial charge in [-0.2, -0.15) is 13.2 Å². The molecule has 0 saturated heterocycles. The molecule has 2 N–H and O–H groups in total. The molecule has 0 spiro atoms. The van der Waals surface area contributed by atoms with E-state index >= 15 is 0 Å². The van der Waals surface area contributed by atoms with Crippen molar-refractivity contribution in [3.63, 3.8) is 0 Å². The summed E-state index contributed by atoms with van der Waals surface area (Å²) in [6.07, 6.45) is -3.46. The highest BCUT2D eigenvalue weighted by atomic mass is 19.4. The van der Waals surface area contributed by atoms with Crippen LogP contribution in [0.1, 0.15) is 11.1 Å². The van der Waals surface area contributed by atoms with Gasteiger partial charge in [0, 0.05) is 5.56 Å². The van der Waals surface area contributed by atoms with Crippen LogP contribution in [0.25, 0.3) is 5.76 Å². The van der Waals surface area contributed by atoms with Crippen molar-refractivity contribution in [3.8, 4) is 0 Å². The number of nitrogens with one attached hydrogen (secondary N) is 1. The van der Waals surface area contributed by atoms with Crippen molar-refractivity contribution >= 4 is 19.2 Å². The number of aliphatic hydroxyl groups excluding tert-OH is 1. The summed E-state index contributed by atoms with van der Waals surface area (Å²) in [4.78, 5) is 0. The van der Waals surface area contributed by atoms with Gasteiger partial charge in [-0.25, -0.2) is 0 Å². The molecule has 1 rings (SSSR count). The van der Waals surface area contributed by atoms with Crippen LogP contribution in [0.4, 0.5) is 13.2 Å². The molecule has 0 amide bonds. The molecule has 1 aromatic rings. The average Bonchev–Trinajstić information content (AvgIpc) is 2.15. The van der Waals surface area contributed by atoms with Gasteiger partial charge in [0.15, 0.2) is 0 Å². The Balaban J connectivity index is 3.00. The smallest absolute Gasteiger partial charge is 0.416 e. The van der Waals surface area contributed by atoms with E-state index in [1.54, 1.807) is 0 Å². The van der Waals surface area contributed by atoms with Crippen LogP contribution in [0.5, 0.6) is 0 Å². The zero-order valence-corrected chi connectivity index (χ0v) is 8.05. The van der Waals surface area contributed by atoms with E-state index in [2.05, 4.69) is 0 Å². The fraction of sp³-hybridized carbons (Fsp3) is 0.100. The van der Waals surface area contributed by atoms with Crippen LogP contribution in [0, 0.1) is 5.41 Å². The lowest BCUT2D eigenvalue weighted by Gasteiger charge is -2.07. The molecular formula is C10H7BF3NO. The quantitative estimate of drug-likeness (QED) is 0.453. The molecule has 2 nitrogen and oxygen atoms in total. The van der Waals surface area contributed by atoms with Crippen molar-refractivity contribution in [2.45, 2.75) is 6.18 Å². The number of rotatable bonds is 2. The van der Waals surface area contributed by atoms with Gasteiger partial charge in [0.25, 0.3) is 0 Å². The van der Waals surface area contributed by atoms with Crippen molar-refractivity contribution in [2.24, 2.45) is 0 Å². The summed E-state index contributed by atoms with van der Waals surface area (Å²) in [5, 5.41) is 16.2. The fourth-order valence-electron chi connectivity index (χ4n) is 1.06. The number of alkyl halides is 3. The summed E-state index contributed by atoms with van der Waals surface area (Å²) < 4.78 is 36.6. The van der Waals surface area contributed by atoms with Gasteiger partial charge in [-0.05, 0) is 23.8 Å². The number of hydrogen-bond donors (Lipinski definition) is 2. The van der Waals surface area contributed by atoms with E-state index in [9.17, 15) is 18.3 Å². The number of benzene rings is 1. The van der Waals surface area contributed by atoms with Gasteiger partial charge < -0.3 is 10.5 Å². The Kier molecular flexibility index (Phi) is 3.42. The van der Waals surface area contributed by atoms with Crippen LogP contribution >= 0.6 is 0 Å². The van der Waals surface area contributed by atoms with E-state index in [-0.39, 0.29) is 16.9 Å². The minimum atomic E-state index is -4.40. The van der Waals surface area contributed by atoms with Crippen LogP contribution in [0.2, 0.25) is 0 Å². The number of aliphatic hydroxyl groups is 1. The molecule has 0 heterocycles. The molecule has 1 aromatic carbocycles. The number of hydrogen-bond acceptors (Lipinski definition) is 2. The van der Waals surface area contributed by atoms with Crippen LogP contribution in [-0.2, 0) is 6.18 Å². The Morgan fingerprint density at radius 3 is 2.12 bits per heavy atom. The maximum absolute atomic E-state index is 12.2. The predicted molar refractivity (Wildman–Crippen MR) is 55.5 cm³/mol. The normalized spacial score (nSPS) is 12.6. The van der Waals surface area contributed by atoms with Gasteiger partial charge in [-0.1, -0.05) is 12.1 Å². The summed E-state index contributed by atoms with van der Waals surface area (Å²) in [7, 11) is 5.00. The van der Waals surface area contributed by atoms with Crippen molar-refractivity contribution < 1.29 is 18.3 Å². The lowest BCUT2D eigenvalue weighted by atomic mass is 9.99. The van der Waals surface area contributed by atoms with E-state index in [1.807, 2.05) is 0 Å². The third-order valence-corrected chi connectivity index (χ3v) is 1.80. The van der Waals surface area contributed by atoms with Gasteiger partial charge in [0.05, 0.1) is 5.56 Å². The van der Waals surface area contributed by atoms with Crippen LogP contribution in [0.3, 0.4) is 0 Å². The average molecular weight is 225 g/mol. The summed E-state index contributed by atoms with van der Waals surface area (Å²) in [5.74, 6) is -0.346. The predicted octanol–water partition coefficient (Wildman–Crippen LogP) is 2.75. The summed E-state index contributed by atoms with van der Waals surface area (Å²) >= 11 is 0. The first-order valence-electron chi connectivity index (χ1n) is 4.23. The lowest BCUT2D eigenvalue weighted by Crippen LogP contribution is -2.04. The molecule has 16 heavy (non-hydrogen) atoms.